The highest BCUT2D eigenvalue weighted by Gasteiger charge is 2.52. The molecular weight excluding hydrogens is 348 g/mol. The lowest BCUT2D eigenvalue weighted by Crippen LogP contribution is -2.39. The van der Waals surface area contributed by atoms with E-state index in [4.69, 9.17) is 9.15 Å². The fourth-order valence-corrected chi connectivity index (χ4v) is 5.13. The molecule has 0 unspecified atom stereocenters. The minimum absolute atomic E-state index is 0.219. The first-order chi connectivity index (χ1) is 12.7. The van der Waals surface area contributed by atoms with Crippen molar-refractivity contribution in [2.75, 3.05) is 39.9 Å². The fraction of sp³-hybridized carbons (Fsp3) is 0.450. The highest BCUT2D eigenvalue weighted by Crippen LogP contribution is 2.48. The smallest absolute Gasteiger partial charge is 0.231 e. The van der Waals surface area contributed by atoms with Gasteiger partial charge in [-0.1, -0.05) is 0 Å². The van der Waals surface area contributed by atoms with E-state index in [1.165, 1.54) is 16.0 Å². The average molecular weight is 370 g/mol. The molecule has 1 aliphatic carbocycles. The SMILES string of the molecule is COCC1(C(=O)N2CC3=C(CN(Sc4ccc5occc5c4)C3)C2)CC1. The highest BCUT2D eigenvalue weighted by atomic mass is 32.2. The molecule has 136 valence electrons. The van der Waals surface area contributed by atoms with Crippen molar-refractivity contribution in [3.63, 3.8) is 0 Å². The third-order valence-corrected chi connectivity index (χ3v) is 6.65. The van der Waals surface area contributed by atoms with Crippen LogP contribution in [0.5, 0.6) is 0 Å². The van der Waals surface area contributed by atoms with Crippen LogP contribution >= 0.6 is 11.9 Å². The topological polar surface area (TPSA) is 45.9 Å². The summed E-state index contributed by atoms with van der Waals surface area (Å²) < 4.78 is 13.1. The Morgan fingerprint density at radius 2 is 1.96 bits per heavy atom. The number of hydrogen-bond donors (Lipinski definition) is 0. The Balaban J connectivity index is 1.20. The van der Waals surface area contributed by atoms with Crippen molar-refractivity contribution in [3.05, 3.63) is 41.7 Å². The van der Waals surface area contributed by atoms with Gasteiger partial charge in [0, 0.05) is 43.6 Å². The highest BCUT2D eigenvalue weighted by molar-refractivity contribution is 7.97. The van der Waals surface area contributed by atoms with E-state index in [2.05, 4.69) is 16.4 Å². The van der Waals surface area contributed by atoms with E-state index in [9.17, 15) is 4.79 Å². The molecule has 3 aliphatic rings. The number of methoxy groups -OCH3 is 1. The summed E-state index contributed by atoms with van der Waals surface area (Å²) in [5.41, 5.74) is 3.55. The molecule has 5 rings (SSSR count). The van der Waals surface area contributed by atoms with Crippen LogP contribution in [0.2, 0.25) is 0 Å². The van der Waals surface area contributed by atoms with Crippen LogP contribution < -0.4 is 0 Å². The van der Waals surface area contributed by atoms with Crippen molar-refractivity contribution >= 4 is 28.8 Å². The van der Waals surface area contributed by atoms with Crippen molar-refractivity contribution in [2.45, 2.75) is 17.7 Å². The van der Waals surface area contributed by atoms with E-state index in [0.717, 1.165) is 50.0 Å². The first kappa shape index (κ1) is 16.4. The third-order valence-electron chi connectivity index (χ3n) is 5.67. The molecule has 2 aliphatic heterocycles. The van der Waals surface area contributed by atoms with Gasteiger partial charge in [-0.15, -0.1) is 0 Å². The second-order valence-corrected chi connectivity index (χ2v) is 8.76. The van der Waals surface area contributed by atoms with Gasteiger partial charge in [0.2, 0.25) is 5.91 Å². The normalized spacial score (nSPS) is 21.7. The minimum Gasteiger partial charge on any atom is -0.464 e. The van der Waals surface area contributed by atoms with Crippen LogP contribution in [-0.4, -0.2) is 55.0 Å². The molecular formula is C20H22N2O3S. The molecule has 1 fully saturated rings. The Morgan fingerprint density at radius 3 is 2.65 bits per heavy atom. The lowest BCUT2D eigenvalue weighted by Gasteiger charge is -2.25. The zero-order valence-electron chi connectivity index (χ0n) is 14.9. The summed E-state index contributed by atoms with van der Waals surface area (Å²) in [7, 11) is 1.69. The van der Waals surface area contributed by atoms with Gasteiger partial charge in [-0.2, -0.15) is 0 Å². The molecule has 5 nitrogen and oxygen atoms in total. The molecule has 26 heavy (non-hydrogen) atoms. The fourth-order valence-electron chi connectivity index (χ4n) is 4.09. The van der Waals surface area contributed by atoms with Gasteiger partial charge in [-0.05, 0) is 60.2 Å². The molecule has 1 saturated carbocycles. The molecule has 0 atom stereocenters. The van der Waals surface area contributed by atoms with Gasteiger partial charge >= 0.3 is 0 Å². The molecule has 1 amide bonds. The summed E-state index contributed by atoms with van der Waals surface area (Å²) >= 11 is 1.79. The first-order valence-electron chi connectivity index (χ1n) is 9.05. The second-order valence-electron chi connectivity index (χ2n) is 7.59. The van der Waals surface area contributed by atoms with E-state index in [0.29, 0.717) is 12.5 Å². The van der Waals surface area contributed by atoms with Gasteiger partial charge in [-0.25, -0.2) is 4.31 Å². The first-order valence-corrected chi connectivity index (χ1v) is 9.82. The molecule has 1 aromatic carbocycles. The van der Waals surface area contributed by atoms with Crippen molar-refractivity contribution in [2.24, 2.45) is 5.41 Å². The predicted molar refractivity (Wildman–Crippen MR) is 101 cm³/mol. The molecule has 2 aromatic rings. The van der Waals surface area contributed by atoms with E-state index >= 15 is 0 Å². The number of rotatable bonds is 5. The summed E-state index contributed by atoms with van der Waals surface area (Å²) in [5.74, 6) is 0.290. The number of carbonyl (C=O) groups excluding carboxylic acids is 1. The number of ether oxygens (including phenoxy) is 1. The number of hydrogen-bond acceptors (Lipinski definition) is 5. The Kier molecular flexibility index (Phi) is 3.88. The minimum atomic E-state index is -0.219. The predicted octanol–water partition coefficient (Wildman–Crippen LogP) is 3.32. The lowest BCUT2D eigenvalue weighted by molar-refractivity contribution is -0.137. The molecule has 0 radical (unpaired) electrons. The quantitative estimate of drug-likeness (QED) is 0.597. The number of amides is 1. The molecule has 0 N–H and O–H groups in total. The molecule has 0 bridgehead atoms. The van der Waals surface area contributed by atoms with Gasteiger partial charge in [0.15, 0.2) is 0 Å². The summed E-state index contributed by atoms with van der Waals surface area (Å²) in [6.07, 6.45) is 3.67. The number of fused-ring (bicyclic) bond motifs is 1. The maximum atomic E-state index is 12.8. The summed E-state index contributed by atoms with van der Waals surface area (Å²) in [5, 5.41) is 1.14. The van der Waals surface area contributed by atoms with Crippen LogP contribution in [-0.2, 0) is 9.53 Å². The Hall–Kier alpha value is -1.76. The Labute approximate surface area is 157 Å². The van der Waals surface area contributed by atoms with Crippen LogP contribution in [0, 0.1) is 5.41 Å². The Morgan fingerprint density at radius 1 is 1.19 bits per heavy atom. The van der Waals surface area contributed by atoms with Crippen molar-refractivity contribution < 1.29 is 13.9 Å². The zero-order valence-corrected chi connectivity index (χ0v) is 15.7. The molecule has 0 saturated heterocycles. The monoisotopic (exact) mass is 370 g/mol. The van der Waals surface area contributed by atoms with E-state index in [1.54, 1.807) is 25.3 Å². The number of benzene rings is 1. The van der Waals surface area contributed by atoms with Crippen molar-refractivity contribution in [1.29, 1.82) is 0 Å². The molecule has 3 heterocycles. The van der Waals surface area contributed by atoms with Gasteiger partial charge in [0.05, 0.1) is 18.3 Å². The summed E-state index contributed by atoms with van der Waals surface area (Å²) in [6, 6.07) is 8.31. The van der Waals surface area contributed by atoms with Crippen molar-refractivity contribution in [1.82, 2.24) is 9.21 Å². The van der Waals surface area contributed by atoms with Gasteiger partial charge in [0.25, 0.3) is 0 Å². The number of carbonyl (C=O) groups is 1. The van der Waals surface area contributed by atoms with Crippen LogP contribution in [0.4, 0.5) is 0 Å². The van der Waals surface area contributed by atoms with Crippen LogP contribution in [0.25, 0.3) is 11.0 Å². The average Bonchev–Trinajstić information content (AvgIpc) is 2.95. The van der Waals surface area contributed by atoms with Gasteiger partial charge in [-0.3, -0.25) is 4.79 Å². The second kappa shape index (κ2) is 6.15. The standard InChI is InChI=1S/C20H22N2O3S/c1-24-13-20(5-6-20)19(23)21-9-15-11-22(12-16(15)10-21)26-17-2-3-18-14(8-17)4-7-25-18/h2-4,7-8H,5-6,9-13H2,1H3. The van der Waals surface area contributed by atoms with Crippen molar-refractivity contribution in [3.8, 4) is 0 Å². The van der Waals surface area contributed by atoms with Crippen LogP contribution in [0.3, 0.4) is 0 Å². The maximum Gasteiger partial charge on any atom is 0.231 e. The molecule has 0 spiro atoms. The molecule has 6 heteroatoms. The zero-order chi connectivity index (χ0) is 17.7. The Bertz CT molecular complexity index is 881. The van der Waals surface area contributed by atoms with E-state index in [1.807, 2.05) is 17.0 Å². The van der Waals surface area contributed by atoms with Crippen LogP contribution in [0.15, 0.2) is 51.0 Å². The summed E-state index contributed by atoms with van der Waals surface area (Å²) in [6.45, 7) is 4.01. The van der Waals surface area contributed by atoms with E-state index < -0.39 is 0 Å². The number of nitrogens with zero attached hydrogens (tertiary/aromatic N) is 2. The van der Waals surface area contributed by atoms with Crippen LogP contribution in [0.1, 0.15) is 12.8 Å². The third kappa shape index (κ3) is 2.76. The lowest BCUT2D eigenvalue weighted by atomic mass is 10.1. The van der Waals surface area contributed by atoms with Gasteiger partial charge in [0.1, 0.15) is 5.58 Å². The largest absolute Gasteiger partial charge is 0.464 e. The molecule has 1 aromatic heterocycles. The van der Waals surface area contributed by atoms with E-state index in [-0.39, 0.29) is 5.41 Å². The summed E-state index contributed by atoms with van der Waals surface area (Å²) in [4.78, 5) is 16.1. The maximum absolute atomic E-state index is 12.8. The van der Waals surface area contributed by atoms with Gasteiger partial charge < -0.3 is 14.1 Å². The number of furan rings is 1.